The van der Waals surface area contributed by atoms with Crippen LogP contribution < -0.4 is 5.56 Å². The van der Waals surface area contributed by atoms with Crippen LogP contribution >= 0.6 is 12.2 Å². The van der Waals surface area contributed by atoms with Gasteiger partial charge in [-0.05, 0) is 25.1 Å². The van der Waals surface area contributed by atoms with Crippen LogP contribution in [0.3, 0.4) is 0 Å². The Morgan fingerprint density at radius 1 is 1.18 bits per heavy atom. The van der Waals surface area contributed by atoms with Gasteiger partial charge in [0.25, 0.3) is 5.56 Å². The van der Waals surface area contributed by atoms with Crippen LogP contribution in [-0.2, 0) is 6.54 Å². The zero-order valence-electron chi connectivity index (χ0n) is 13.6. The van der Waals surface area contributed by atoms with Crippen molar-refractivity contribution in [1.82, 2.24) is 9.55 Å². The quantitative estimate of drug-likeness (QED) is 0.390. The Bertz CT molecular complexity index is 590. The zero-order valence-corrected chi connectivity index (χ0v) is 14.4. The van der Waals surface area contributed by atoms with E-state index in [0.717, 1.165) is 19.3 Å². The van der Waals surface area contributed by atoms with E-state index in [-0.39, 0.29) is 21.8 Å². The molecule has 0 unspecified atom stereocenters. The van der Waals surface area contributed by atoms with Gasteiger partial charge in [-0.1, -0.05) is 46.0 Å². The predicted octanol–water partition coefficient (Wildman–Crippen LogP) is 3.80. The molecule has 0 saturated heterocycles. The van der Waals surface area contributed by atoms with Gasteiger partial charge in [0, 0.05) is 19.3 Å². The summed E-state index contributed by atoms with van der Waals surface area (Å²) >= 11 is 5.14. The van der Waals surface area contributed by atoms with Gasteiger partial charge >= 0.3 is 0 Å². The van der Waals surface area contributed by atoms with Crippen LogP contribution in [0, 0.1) is 4.77 Å². The lowest BCUT2D eigenvalue weighted by atomic mass is 10.1. The van der Waals surface area contributed by atoms with E-state index < -0.39 is 0 Å². The molecule has 0 radical (unpaired) electrons. The van der Waals surface area contributed by atoms with Gasteiger partial charge in [0.05, 0.1) is 0 Å². The Morgan fingerprint density at radius 3 is 2.55 bits per heavy atom. The smallest absolute Gasteiger partial charge is 0.264 e. The van der Waals surface area contributed by atoms with E-state index in [9.17, 15) is 9.90 Å². The summed E-state index contributed by atoms with van der Waals surface area (Å²) in [7, 11) is 0. The average Bonchev–Trinajstić information content (AvgIpc) is 2.49. The molecule has 0 saturated carbocycles. The largest absolute Gasteiger partial charge is 0.494 e. The number of hydrogen-bond acceptors (Lipinski definition) is 4. The van der Waals surface area contributed by atoms with Crippen molar-refractivity contribution in [2.45, 2.75) is 65.3 Å². The molecule has 0 aliphatic carbocycles. The number of nitrogens with one attached hydrogen (secondary N) is 1. The Kier molecular flexibility index (Phi) is 8.74. The van der Waals surface area contributed by atoms with E-state index in [1.807, 2.05) is 6.92 Å². The van der Waals surface area contributed by atoms with E-state index in [1.165, 1.54) is 31.9 Å². The molecule has 1 heterocycles. The van der Waals surface area contributed by atoms with Crippen molar-refractivity contribution < 1.29 is 5.11 Å². The summed E-state index contributed by atoms with van der Waals surface area (Å²) in [5.41, 5.74) is -0.199. The molecule has 5 nitrogen and oxygen atoms in total. The molecule has 0 aliphatic rings. The zero-order chi connectivity index (χ0) is 16.4. The number of hydrogen-bond donors (Lipinski definition) is 2. The summed E-state index contributed by atoms with van der Waals surface area (Å²) in [5, 5.41) is 10.3. The van der Waals surface area contributed by atoms with Crippen molar-refractivity contribution in [2.24, 2.45) is 4.99 Å². The number of H-pyrrole nitrogens is 1. The molecule has 0 aliphatic heterocycles. The highest BCUT2D eigenvalue weighted by molar-refractivity contribution is 7.71. The van der Waals surface area contributed by atoms with Crippen LogP contribution in [0.1, 0.15) is 64.4 Å². The van der Waals surface area contributed by atoms with Crippen molar-refractivity contribution in [3.63, 3.8) is 0 Å². The summed E-state index contributed by atoms with van der Waals surface area (Å²) in [6.45, 7) is 5.44. The maximum Gasteiger partial charge on any atom is 0.264 e. The van der Waals surface area contributed by atoms with Crippen molar-refractivity contribution in [3.05, 3.63) is 20.7 Å². The lowest BCUT2D eigenvalue weighted by Gasteiger charge is -2.11. The maximum atomic E-state index is 11.9. The molecule has 6 heteroatoms. The topological polar surface area (TPSA) is 70.4 Å². The Morgan fingerprint density at radius 2 is 1.86 bits per heavy atom. The van der Waals surface area contributed by atoms with Crippen molar-refractivity contribution in [2.75, 3.05) is 6.54 Å². The molecule has 0 atom stereocenters. The van der Waals surface area contributed by atoms with Crippen LogP contribution in [0.15, 0.2) is 9.79 Å². The van der Waals surface area contributed by atoms with E-state index in [1.54, 1.807) is 4.57 Å². The Balaban J connectivity index is 2.76. The molecule has 1 rings (SSSR count). The highest BCUT2D eigenvalue weighted by atomic mass is 32.1. The third kappa shape index (κ3) is 5.75. The SMILES string of the molecule is CCCCCCCCn1c(O)c(C=NCCC)c(=O)[nH]c1=S. The minimum absolute atomic E-state index is 0.0813. The highest BCUT2D eigenvalue weighted by Crippen LogP contribution is 2.14. The number of rotatable bonds is 10. The molecule has 1 aromatic rings. The van der Waals surface area contributed by atoms with Gasteiger partial charge < -0.3 is 5.11 Å². The van der Waals surface area contributed by atoms with Crippen molar-refractivity contribution in [3.8, 4) is 5.88 Å². The van der Waals surface area contributed by atoms with Crippen LogP contribution in [0.5, 0.6) is 5.88 Å². The summed E-state index contributed by atoms with van der Waals surface area (Å²) < 4.78 is 1.85. The number of unbranched alkanes of at least 4 members (excludes halogenated alkanes) is 5. The second-order valence-corrected chi connectivity index (χ2v) is 5.84. The fourth-order valence-corrected chi connectivity index (χ4v) is 2.50. The van der Waals surface area contributed by atoms with Gasteiger partial charge in [0.15, 0.2) is 4.77 Å². The summed E-state index contributed by atoms with van der Waals surface area (Å²) in [5.74, 6) is -0.0813. The number of nitrogens with zero attached hydrogens (tertiary/aromatic N) is 2. The number of aromatic nitrogens is 2. The van der Waals surface area contributed by atoms with Crippen LogP contribution in [0.25, 0.3) is 0 Å². The van der Waals surface area contributed by atoms with Crippen LogP contribution in [0.2, 0.25) is 0 Å². The first-order valence-corrected chi connectivity index (χ1v) is 8.58. The molecule has 0 spiro atoms. The molecule has 0 amide bonds. The molecule has 22 heavy (non-hydrogen) atoms. The number of aliphatic imine (C=N–C) groups is 1. The Hall–Kier alpha value is -1.43. The van der Waals surface area contributed by atoms with Gasteiger partial charge in [-0.3, -0.25) is 19.3 Å². The van der Waals surface area contributed by atoms with Gasteiger partial charge in [0.2, 0.25) is 5.88 Å². The second kappa shape index (κ2) is 10.3. The van der Waals surface area contributed by atoms with Crippen molar-refractivity contribution >= 4 is 18.4 Å². The van der Waals surface area contributed by atoms with E-state index in [0.29, 0.717) is 13.1 Å². The third-order valence-electron chi connectivity index (χ3n) is 3.52. The first kappa shape index (κ1) is 18.6. The molecule has 0 fully saturated rings. The summed E-state index contributed by atoms with van der Waals surface area (Å²) in [6.07, 6.45) is 9.29. The van der Waals surface area contributed by atoms with Crippen molar-refractivity contribution in [1.29, 1.82) is 0 Å². The monoisotopic (exact) mass is 325 g/mol. The van der Waals surface area contributed by atoms with Gasteiger partial charge in [-0.25, -0.2) is 0 Å². The second-order valence-electron chi connectivity index (χ2n) is 5.45. The molecule has 0 aromatic carbocycles. The lowest BCUT2D eigenvalue weighted by molar-refractivity contribution is 0.395. The number of aromatic amines is 1. The van der Waals surface area contributed by atoms with Crippen LogP contribution in [0.4, 0.5) is 0 Å². The summed E-state index contributed by atoms with van der Waals surface area (Å²) in [4.78, 5) is 18.6. The predicted molar refractivity (Wildman–Crippen MR) is 93.7 cm³/mol. The Labute approximate surface area is 137 Å². The van der Waals surface area contributed by atoms with Gasteiger partial charge in [0.1, 0.15) is 5.56 Å². The molecule has 124 valence electrons. The average molecular weight is 325 g/mol. The van der Waals surface area contributed by atoms with E-state index >= 15 is 0 Å². The lowest BCUT2D eigenvalue weighted by Crippen LogP contribution is -2.19. The van der Waals surface area contributed by atoms with E-state index in [4.69, 9.17) is 12.2 Å². The molecular formula is C16H27N3O2S. The minimum Gasteiger partial charge on any atom is -0.494 e. The molecule has 0 bridgehead atoms. The van der Waals surface area contributed by atoms with E-state index in [2.05, 4.69) is 16.9 Å². The number of aromatic hydroxyl groups is 1. The fourth-order valence-electron chi connectivity index (χ4n) is 2.23. The highest BCUT2D eigenvalue weighted by Gasteiger charge is 2.10. The molecular weight excluding hydrogens is 298 g/mol. The normalized spacial score (nSPS) is 11.4. The first-order valence-electron chi connectivity index (χ1n) is 8.17. The summed E-state index contributed by atoms with van der Waals surface area (Å²) in [6, 6.07) is 0. The van der Waals surface area contributed by atoms with Crippen LogP contribution in [-0.4, -0.2) is 27.4 Å². The first-order chi connectivity index (χ1) is 10.6. The third-order valence-corrected chi connectivity index (χ3v) is 3.84. The molecule has 1 aromatic heterocycles. The minimum atomic E-state index is -0.387. The van der Waals surface area contributed by atoms with Gasteiger partial charge in [-0.2, -0.15) is 0 Å². The molecule has 2 N–H and O–H groups in total. The maximum absolute atomic E-state index is 11.9. The standard InChI is InChI=1S/C16H27N3O2S/c1-3-5-6-7-8-9-11-19-15(21)13(12-17-10-4-2)14(20)18-16(19)22/h12,21H,3-11H2,1-2H3,(H,18,20,22). The fraction of sp³-hybridized carbons (Fsp3) is 0.688. The van der Waals surface area contributed by atoms with Gasteiger partial charge in [-0.15, -0.1) is 0 Å².